The number of ether oxygens (including phenoxy) is 1. The lowest BCUT2D eigenvalue weighted by molar-refractivity contribution is -0.153. The molecule has 1 rings (SSSR count). The normalized spacial score (nSPS) is 10.4. The van der Waals surface area contributed by atoms with Crippen LogP contribution >= 0.6 is 24.0 Å². The molecule has 0 bridgehead atoms. The molecule has 1 aromatic carbocycles. The number of rotatable bonds is 6. The van der Waals surface area contributed by atoms with Gasteiger partial charge in [0.15, 0.2) is 12.6 Å². The molecule has 0 saturated carbocycles. The fraction of sp³-hybridized carbons (Fsp3) is 0.500. The standard InChI is InChI=1S/C14H20F3N3O.HI/c1-3-18-13(19-4-2)20-9-11-7-5-6-8-12(11)21-10-14(15,16)17;/h5-8H,3-4,9-10H2,1-2H3,(H2,18,19,20);1H. The molecule has 0 atom stereocenters. The number of para-hydroxylation sites is 1. The Morgan fingerprint density at radius 3 is 2.27 bits per heavy atom. The molecule has 0 heterocycles. The Morgan fingerprint density at radius 2 is 1.73 bits per heavy atom. The number of halogens is 4. The number of guanidine groups is 1. The molecule has 0 aliphatic rings. The van der Waals surface area contributed by atoms with E-state index < -0.39 is 12.8 Å². The van der Waals surface area contributed by atoms with Crippen molar-refractivity contribution in [3.63, 3.8) is 0 Å². The monoisotopic (exact) mass is 431 g/mol. The maximum Gasteiger partial charge on any atom is 0.422 e. The Bertz CT molecular complexity index is 459. The van der Waals surface area contributed by atoms with Crippen molar-refractivity contribution in [2.24, 2.45) is 4.99 Å². The molecule has 0 spiro atoms. The largest absolute Gasteiger partial charge is 0.484 e. The molecular formula is C14H21F3IN3O. The van der Waals surface area contributed by atoms with E-state index in [1.54, 1.807) is 18.2 Å². The SMILES string of the molecule is CCNC(=NCc1ccccc1OCC(F)(F)F)NCC.I. The van der Waals surface area contributed by atoms with Crippen molar-refractivity contribution in [3.05, 3.63) is 29.8 Å². The van der Waals surface area contributed by atoms with Crippen LogP contribution in [0.3, 0.4) is 0 Å². The molecule has 126 valence electrons. The van der Waals surface area contributed by atoms with E-state index in [4.69, 9.17) is 4.74 Å². The molecule has 0 unspecified atom stereocenters. The van der Waals surface area contributed by atoms with Gasteiger partial charge in [0.25, 0.3) is 0 Å². The van der Waals surface area contributed by atoms with E-state index in [9.17, 15) is 13.2 Å². The fourth-order valence-corrected chi connectivity index (χ4v) is 1.61. The van der Waals surface area contributed by atoms with Gasteiger partial charge < -0.3 is 15.4 Å². The van der Waals surface area contributed by atoms with E-state index in [0.29, 0.717) is 24.6 Å². The van der Waals surface area contributed by atoms with Crippen molar-refractivity contribution < 1.29 is 17.9 Å². The van der Waals surface area contributed by atoms with Crippen molar-refractivity contribution in [2.45, 2.75) is 26.6 Å². The number of alkyl halides is 3. The van der Waals surface area contributed by atoms with E-state index in [-0.39, 0.29) is 36.3 Å². The third kappa shape index (κ3) is 8.30. The van der Waals surface area contributed by atoms with Crippen LogP contribution in [0.25, 0.3) is 0 Å². The van der Waals surface area contributed by atoms with E-state index in [2.05, 4.69) is 15.6 Å². The molecule has 4 nitrogen and oxygen atoms in total. The van der Waals surface area contributed by atoms with Gasteiger partial charge in [0.1, 0.15) is 5.75 Å². The average molecular weight is 431 g/mol. The summed E-state index contributed by atoms with van der Waals surface area (Å²) in [6, 6.07) is 6.58. The summed E-state index contributed by atoms with van der Waals surface area (Å²) in [5.41, 5.74) is 0.607. The molecule has 0 radical (unpaired) electrons. The highest BCUT2D eigenvalue weighted by Gasteiger charge is 2.28. The van der Waals surface area contributed by atoms with Crippen molar-refractivity contribution >= 4 is 29.9 Å². The van der Waals surface area contributed by atoms with Crippen LogP contribution in [-0.4, -0.2) is 31.8 Å². The number of nitrogens with zero attached hydrogens (tertiary/aromatic N) is 1. The molecule has 1 aromatic rings. The fourth-order valence-electron chi connectivity index (χ4n) is 1.61. The number of aliphatic imine (C=N–C) groups is 1. The van der Waals surface area contributed by atoms with E-state index in [1.165, 1.54) is 6.07 Å². The van der Waals surface area contributed by atoms with Gasteiger partial charge in [-0.3, -0.25) is 0 Å². The first kappa shape index (κ1) is 20.8. The molecular weight excluding hydrogens is 410 g/mol. The van der Waals surface area contributed by atoms with Crippen LogP contribution in [0, 0.1) is 0 Å². The van der Waals surface area contributed by atoms with Crippen LogP contribution in [0.15, 0.2) is 29.3 Å². The van der Waals surface area contributed by atoms with Crippen LogP contribution in [0.4, 0.5) is 13.2 Å². The molecule has 8 heteroatoms. The molecule has 0 saturated heterocycles. The van der Waals surface area contributed by atoms with Gasteiger partial charge in [-0.2, -0.15) is 13.2 Å². The quantitative estimate of drug-likeness (QED) is 0.413. The average Bonchev–Trinajstić information content (AvgIpc) is 2.43. The van der Waals surface area contributed by atoms with Gasteiger partial charge in [-0.05, 0) is 19.9 Å². The van der Waals surface area contributed by atoms with E-state index in [0.717, 1.165) is 0 Å². The van der Waals surface area contributed by atoms with Gasteiger partial charge in [-0.15, -0.1) is 24.0 Å². The predicted molar refractivity (Wildman–Crippen MR) is 91.9 cm³/mol. The minimum absolute atomic E-state index is 0. The molecule has 2 N–H and O–H groups in total. The smallest absolute Gasteiger partial charge is 0.422 e. The maximum absolute atomic E-state index is 12.2. The summed E-state index contributed by atoms with van der Waals surface area (Å²) in [6.45, 7) is 4.22. The van der Waals surface area contributed by atoms with Gasteiger partial charge >= 0.3 is 6.18 Å². The molecule has 0 amide bonds. The first-order valence-electron chi connectivity index (χ1n) is 6.76. The highest BCUT2D eigenvalue weighted by Crippen LogP contribution is 2.22. The molecule has 0 fully saturated rings. The molecule has 22 heavy (non-hydrogen) atoms. The Labute approximate surface area is 145 Å². The zero-order valence-electron chi connectivity index (χ0n) is 12.5. The van der Waals surface area contributed by atoms with E-state index >= 15 is 0 Å². The maximum atomic E-state index is 12.2. The number of hydrogen-bond donors (Lipinski definition) is 2. The Balaban J connectivity index is 0.00000441. The number of hydrogen-bond acceptors (Lipinski definition) is 2. The zero-order chi connectivity index (χ0) is 15.7. The molecule has 0 aliphatic heterocycles. The lowest BCUT2D eigenvalue weighted by Gasteiger charge is -2.13. The second kappa shape index (κ2) is 10.5. The summed E-state index contributed by atoms with van der Waals surface area (Å²) in [5.74, 6) is 0.816. The van der Waals surface area contributed by atoms with E-state index in [1.807, 2.05) is 13.8 Å². The van der Waals surface area contributed by atoms with Crippen LogP contribution in [0.2, 0.25) is 0 Å². The molecule has 0 aliphatic carbocycles. The van der Waals surface area contributed by atoms with Gasteiger partial charge in [0.2, 0.25) is 0 Å². The first-order valence-corrected chi connectivity index (χ1v) is 6.76. The minimum atomic E-state index is -4.35. The second-order valence-electron chi connectivity index (χ2n) is 4.24. The first-order chi connectivity index (χ1) is 9.96. The summed E-state index contributed by atoms with van der Waals surface area (Å²) < 4.78 is 41.5. The zero-order valence-corrected chi connectivity index (χ0v) is 14.9. The van der Waals surface area contributed by atoms with Crippen LogP contribution < -0.4 is 15.4 Å². The van der Waals surface area contributed by atoms with Gasteiger partial charge in [0.05, 0.1) is 6.54 Å². The van der Waals surface area contributed by atoms with Crippen molar-refractivity contribution in [1.82, 2.24) is 10.6 Å². The predicted octanol–water partition coefficient (Wildman–Crippen LogP) is 3.32. The third-order valence-electron chi connectivity index (χ3n) is 2.46. The highest BCUT2D eigenvalue weighted by molar-refractivity contribution is 14.0. The lowest BCUT2D eigenvalue weighted by atomic mass is 10.2. The summed E-state index contributed by atoms with van der Waals surface area (Å²) in [6.07, 6.45) is -4.35. The van der Waals surface area contributed by atoms with Crippen LogP contribution in [0.1, 0.15) is 19.4 Å². The summed E-state index contributed by atoms with van der Waals surface area (Å²) in [7, 11) is 0. The Hall–Kier alpha value is -1.19. The summed E-state index contributed by atoms with van der Waals surface area (Å²) >= 11 is 0. The van der Waals surface area contributed by atoms with Crippen molar-refractivity contribution in [3.8, 4) is 5.75 Å². The van der Waals surface area contributed by atoms with Crippen LogP contribution in [0.5, 0.6) is 5.75 Å². The van der Waals surface area contributed by atoms with Gasteiger partial charge in [-0.1, -0.05) is 18.2 Å². The number of nitrogens with one attached hydrogen (secondary N) is 2. The minimum Gasteiger partial charge on any atom is -0.484 e. The Kier molecular flexibility index (Phi) is 9.95. The van der Waals surface area contributed by atoms with Gasteiger partial charge in [0, 0.05) is 18.7 Å². The topological polar surface area (TPSA) is 45.7 Å². The van der Waals surface area contributed by atoms with Crippen molar-refractivity contribution in [2.75, 3.05) is 19.7 Å². The lowest BCUT2D eigenvalue weighted by Crippen LogP contribution is -2.37. The van der Waals surface area contributed by atoms with Crippen LogP contribution in [-0.2, 0) is 6.54 Å². The third-order valence-corrected chi connectivity index (χ3v) is 2.46. The van der Waals surface area contributed by atoms with Crippen molar-refractivity contribution in [1.29, 1.82) is 0 Å². The summed E-state index contributed by atoms with van der Waals surface area (Å²) in [4.78, 5) is 4.31. The second-order valence-corrected chi connectivity index (χ2v) is 4.24. The highest BCUT2D eigenvalue weighted by atomic mass is 127. The number of benzene rings is 1. The molecule has 0 aromatic heterocycles. The Morgan fingerprint density at radius 1 is 1.14 bits per heavy atom. The summed E-state index contributed by atoms with van der Waals surface area (Å²) in [5, 5.41) is 6.10. The van der Waals surface area contributed by atoms with Gasteiger partial charge in [-0.25, -0.2) is 4.99 Å².